The number of anilines is 1. The number of rotatable bonds is 4. The van der Waals surface area contributed by atoms with E-state index in [-0.39, 0.29) is 11.7 Å². The van der Waals surface area contributed by atoms with Crippen molar-refractivity contribution in [3.63, 3.8) is 0 Å². The second-order valence-electron chi connectivity index (χ2n) is 3.44. The van der Waals surface area contributed by atoms with E-state index < -0.39 is 4.92 Å². The first-order valence-electron chi connectivity index (χ1n) is 4.63. The zero-order valence-electron chi connectivity index (χ0n) is 8.98. The Balaban J connectivity index is 3.03. The summed E-state index contributed by atoms with van der Waals surface area (Å²) in [6, 6.07) is 4.76. The normalized spacial score (nSPS) is 10.1. The van der Waals surface area contributed by atoms with Gasteiger partial charge in [0.1, 0.15) is 5.75 Å². The maximum atomic E-state index is 10.5. The molecule has 0 aliphatic carbocycles. The highest BCUT2D eigenvalue weighted by molar-refractivity contribution is 5.61. The van der Waals surface area contributed by atoms with Gasteiger partial charge in [0.05, 0.1) is 23.8 Å². The van der Waals surface area contributed by atoms with Gasteiger partial charge in [-0.15, -0.1) is 0 Å². The summed E-state index contributed by atoms with van der Waals surface area (Å²) in [5, 5.41) is 13.7. The molecule has 0 radical (unpaired) electrons. The Labute approximate surface area is 88.2 Å². The molecule has 0 saturated carbocycles. The molecule has 0 unspecified atom stereocenters. The van der Waals surface area contributed by atoms with Crippen LogP contribution < -0.4 is 10.1 Å². The SMILES string of the molecule is COc1cc([N+](=O)[O-])ccc1NC(C)C. The number of methoxy groups -OCH3 is 1. The van der Waals surface area contributed by atoms with Crippen LogP contribution in [0.25, 0.3) is 0 Å². The van der Waals surface area contributed by atoms with Crippen molar-refractivity contribution in [3.05, 3.63) is 28.3 Å². The van der Waals surface area contributed by atoms with E-state index in [0.717, 1.165) is 5.69 Å². The lowest BCUT2D eigenvalue weighted by Gasteiger charge is -2.13. The van der Waals surface area contributed by atoms with Crippen molar-refractivity contribution in [2.24, 2.45) is 0 Å². The minimum atomic E-state index is -0.443. The van der Waals surface area contributed by atoms with Crippen molar-refractivity contribution in [1.82, 2.24) is 0 Å². The summed E-state index contributed by atoms with van der Waals surface area (Å²) < 4.78 is 5.07. The van der Waals surface area contributed by atoms with E-state index in [1.54, 1.807) is 6.07 Å². The van der Waals surface area contributed by atoms with Gasteiger partial charge in [-0.2, -0.15) is 0 Å². The number of non-ortho nitro benzene ring substituents is 1. The smallest absolute Gasteiger partial charge is 0.273 e. The van der Waals surface area contributed by atoms with Gasteiger partial charge in [-0.1, -0.05) is 0 Å². The van der Waals surface area contributed by atoms with Crippen LogP contribution in [0.1, 0.15) is 13.8 Å². The molecular formula is C10H14N2O3. The minimum absolute atomic E-state index is 0.0288. The van der Waals surface area contributed by atoms with Crippen molar-refractivity contribution < 1.29 is 9.66 Å². The first-order chi connectivity index (χ1) is 7.04. The summed E-state index contributed by atoms with van der Waals surface area (Å²) in [5.41, 5.74) is 0.791. The van der Waals surface area contributed by atoms with Crippen LogP contribution in [0, 0.1) is 10.1 Å². The fraction of sp³-hybridized carbons (Fsp3) is 0.400. The molecule has 0 aliphatic rings. The van der Waals surface area contributed by atoms with Gasteiger partial charge in [-0.05, 0) is 19.9 Å². The second-order valence-corrected chi connectivity index (χ2v) is 3.44. The van der Waals surface area contributed by atoms with Crippen LogP contribution in [0.2, 0.25) is 0 Å². The molecule has 0 spiro atoms. The summed E-state index contributed by atoms with van der Waals surface area (Å²) in [7, 11) is 1.49. The lowest BCUT2D eigenvalue weighted by atomic mass is 10.2. The Morgan fingerprint density at radius 3 is 2.60 bits per heavy atom. The highest BCUT2D eigenvalue weighted by atomic mass is 16.6. The second kappa shape index (κ2) is 4.63. The number of nitrogens with zero attached hydrogens (tertiary/aromatic N) is 1. The van der Waals surface area contributed by atoms with Gasteiger partial charge in [0.25, 0.3) is 5.69 Å². The molecule has 0 fully saturated rings. The molecule has 5 nitrogen and oxygen atoms in total. The van der Waals surface area contributed by atoms with Crippen LogP contribution in [0.5, 0.6) is 5.75 Å². The van der Waals surface area contributed by atoms with Crippen LogP contribution in [-0.2, 0) is 0 Å². The molecular weight excluding hydrogens is 196 g/mol. The minimum Gasteiger partial charge on any atom is -0.494 e. The average Bonchev–Trinajstić information content (AvgIpc) is 2.17. The van der Waals surface area contributed by atoms with Gasteiger partial charge >= 0.3 is 0 Å². The fourth-order valence-electron chi connectivity index (χ4n) is 1.22. The summed E-state index contributed by atoms with van der Waals surface area (Å²) in [6.45, 7) is 3.97. The maximum absolute atomic E-state index is 10.5. The molecule has 15 heavy (non-hydrogen) atoms. The average molecular weight is 210 g/mol. The lowest BCUT2D eigenvalue weighted by molar-refractivity contribution is -0.384. The molecule has 1 rings (SSSR count). The number of nitro groups is 1. The monoisotopic (exact) mass is 210 g/mol. The summed E-state index contributed by atoms with van der Waals surface area (Å²) in [5.74, 6) is 0.484. The van der Waals surface area contributed by atoms with Crippen molar-refractivity contribution in [2.45, 2.75) is 19.9 Å². The quantitative estimate of drug-likeness (QED) is 0.612. The zero-order chi connectivity index (χ0) is 11.4. The largest absolute Gasteiger partial charge is 0.494 e. The molecule has 0 bridgehead atoms. The molecule has 5 heteroatoms. The third-order valence-electron chi connectivity index (χ3n) is 1.84. The number of ether oxygens (including phenoxy) is 1. The van der Waals surface area contributed by atoms with E-state index >= 15 is 0 Å². The van der Waals surface area contributed by atoms with Crippen LogP contribution >= 0.6 is 0 Å². The lowest BCUT2D eigenvalue weighted by Crippen LogP contribution is -2.10. The molecule has 1 N–H and O–H groups in total. The number of hydrogen-bond acceptors (Lipinski definition) is 4. The van der Waals surface area contributed by atoms with Crippen molar-refractivity contribution in [3.8, 4) is 5.75 Å². The number of hydrogen-bond donors (Lipinski definition) is 1. The summed E-state index contributed by atoms with van der Waals surface area (Å²) >= 11 is 0. The van der Waals surface area contributed by atoms with E-state index in [0.29, 0.717) is 5.75 Å². The molecule has 0 atom stereocenters. The first kappa shape index (κ1) is 11.3. The van der Waals surface area contributed by atoms with E-state index in [2.05, 4.69) is 5.32 Å². The number of nitro benzene ring substituents is 1. The van der Waals surface area contributed by atoms with Crippen molar-refractivity contribution >= 4 is 11.4 Å². The highest BCUT2D eigenvalue weighted by Crippen LogP contribution is 2.29. The van der Waals surface area contributed by atoms with E-state index in [1.165, 1.54) is 19.2 Å². The predicted molar refractivity (Wildman–Crippen MR) is 58.4 cm³/mol. The standard InChI is InChI=1S/C10H14N2O3/c1-7(2)11-9-5-4-8(12(13)14)6-10(9)15-3/h4-7,11H,1-3H3. The highest BCUT2D eigenvalue weighted by Gasteiger charge is 2.11. The maximum Gasteiger partial charge on any atom is 0.273 e. The van der Waals surface area contributed by atoms with Gasteiger partial charge in [0.2, 0.25) is 0 Å². The van der Waals surface area contributed by atoms with Crippen molar-refractivity contribution in [2.75, 3.05) is 12.4 Å². The molecule has 1 aromatic rings. The van der Waals surface area contributed by atoms with Crippen LogP contribution in [0.3, 0.4) is 0 Å². The van der Waals surface area contributed by atoms with Gasteiger partial charge in [0, 0.05) is 12.1 Å². The van der Waals surface area contributed by atoms with Gasteiger partial charge in [-0.25, -0.2) is 0 Å². The van der Waals surface area contributed by atoms with Gasteiger partial charge in [0.15, 0.2) is 0 Å². The molecule has 0 saturated heterocycles. The van der Waals surface area contributed by atoms with E-state index in [9.17, 15) is 10.1 Å². The fourth-order valence-corrected chi connectivity index (χ4v) is 1.22. The summed E-state index contributed by atoms with van der Waals surface area (Å²) in [4.78, 5) is 10.1. The third-order valence-corrected chi connectivity index (χ3v) is 1.84. The van der Waals surface area contributed by atoms with Gasteiger partial charge in [-0.3, -0.25) is 10.1 Å². The molecule has 82 valence electrons. The zero-order valence-corrected chi connectivity index (χ0v) is 8.98. The number of benzene rings is 1. The molecule has 1 aromatic carbocycles. The Hall–Kier alpha value is -1.78. The Morgan fingerprint density at radius 1 is 1.47 bits per heavy atom. The van der Waals surface area contributed by atoms with Crippen molar-refractivity contribution in [1.29, 1.82) is 0 Å². The van der Waals surface area contributed by atoms with Crippen LogP contribution in [0.4, 0.5) is 11.4 Å². The van der Waals surface area contributed by atoms with Crippen LogP contribution in [-0.4, -0.2) is 18.1 Å². The van der Waals surface area contributed by atoms with E-state index in [1.807, 2.05) is 13.8 Å². The first-order valence-corrected chi connectivity index (χ1v) is 4.63. The molecule has 0 heterocycles. The Bertz CT molecular complexity index is 364. The van der Waals surface area contributed by atoms with Gasteiger partial charge < -0.3 is 10.1 Å². The third kappa shape index (κ3) is 2.83. The predicted octanol–water partition coefficient (Wildman–Crippen LogP) is 2.42. The Morgan fingerprint density at radius 2 is 2.13 bits per heavy atom. The summed E-state index contributed by atoms with van der Waals surface area (Å²) in [6.07, 6.45) is 0. The Kier molecular flexibility index (Phi) is 3.49. The number of nitrogens with one attached hydrogen (secondary N) is 1. The molecule has 0 aromatic heterocycles. The topological polar surface area (TPSA) is 64.4 Å². The molecule has 0 amide bonds. The van der Waals surface area contributed by atoms with Crippen LogP contribution in [0.15, 0.2) is 18.2 Å². The van der Waals surface area contributed by atoms with E-state index in [4.69, 9.17) is 4.74 Å². The molecule has 0 aliphatic heterocycles.